The quantitative estimate of drug-likeness (QED) is 0.377. The average Bonchev–Trinajstić information content (AvgIpc) is 2.42. The zero-order chi connectivity index (χ0) is 18.1. The van der Waals surface area contributed by atoms with Crippen LogP contribution in [0.4, 0.5) is 13.2 Å². The molecule has 0 aliphatic heterocycles. The van der Waals surface area contributed by atoms with Crippen molar-refractivity contribution in [2.75, 3.05) is 0 Å². The van der Waals surface area contributed by atoms with Crippen molar-refractivity contribution in [2.24, 2.45) is 17.3 Å². The molecule has 4 heteroatoms. The fourth-order valence-corrected chi connectivity index (χ4v) is 3.54. The summed E-state index contributed by atoms with van der Waals surface area (Å²) in [5.41, 5.74) is -0.619. The average molecular weight is 336 g/mol. The highest BCUT2D eigenvalue weighted by Gasteiger charge is 2.41. The second kappa shape index (κ2) is 10.4. The molecule has 0 amide bonds. The lowest BCUT2D eigenvalue weighted by molar-refractivity contribution is -0.180. The molecule has 138 valence electrons. The normalized spacial score (nSPS) is 16.4. The molecule has 2 unspecified atom stereocenters. The molecule has 0 saturated heterocycles. The van der Waals surface area contributed by atoms with E-state index in [1.165, 1.54) is 6.92 Å². The van der Waals surface area contributed by atoms with Crippen LogP contribution in [-0.4, -0.2) is 12.0 Å². The van der Waals surface area contributed by atoms with Gasteiger partial charge in [-0.3, -0.25) is 4.79 Å². The summed E-state index contributed by atoms with van der Waals surface area (Å²) in [6.07, 6.45) is 1.87. The largest absolute Gasteiger partial charge is 0.391 e. The van der Waals surface area contributed by atoms with Crippen molar-refractivity contribution in [3.05, 3.63) is 0 Å². The maximum atomic E-state index is 13.1. The SMILES string of the molecule is CCCC(CCC)CC(C)(CCC(CCC)C(F)(F)F)C(C)=O. The van der Waals surface area contributed by atoms with Gasteiger partial charge in [-0.2, -0.15) is 13.2 Å². The van der Waals surface area contributed by atoms with Gasteiger partial charge in [-0.05, 0) is 38.5 Å². The number of halogens is 3. The predicted molar refractivity (Wildman–Crippen MR) is 90.4 cm³/mol. The minimum Gasteiger partial charge on any atom is -0.299 e. The van der Waals surface area contributed by atoms with Crippen LogP contribution in [0.1, 0.15) is 92.4 Å². The molecule has 0 saturated carbocycles. The van der Waals surface area contributed by atoms with E-state index >= 15 is 0 Å². The Hall–Kier alpha value is -0.540. The molecule has 0 fully saturated rings. The topological polar surface area (TPSA) is 17.1 Å². The van der Waals surface area contributed by atoms with E-state index < -0.39 is 17.5 Å². The van der Waals surface area contributed by atoms with Crippen LogP contribution in [0.25, 0.3) is 0 Å². The Morgan fingerprint density at radius 1 is 0.913 bits per heavy atom. The Kier molecular flexibility index (Phi) is 10.1. The van der Waals surface area contributed by atoms with Gasteiger partial charge < -0.3 is 0 Å². The summed E-state index contributed by atoms with van der Waals surface area (Å²) in [6.45, 7) is 9.43. The standard InChI is InChI=1S/C19H35F3O/c1-6-9-16(10-7-2)14-18(5,15(4)23)13-12-17(11-8-3)19(20,21)22/h16-17H,6-14H2,1-5H3. The van der Waals surface area contributed by atoms with Gasteiger partial charge in [-0.15, -0.1) is 0 Å². The maximum absolute atomic E-state index is 13.1. The van der Waals surface area contributed by atoms with Crippen LogP contribution in [0.3, 0.4) is 0 Å². The first-order valence-corrected chi connectivity index (χ1v) is 9.18. The molecule has 0 aromatic heterocycles. The Balaban J connectivity index is 4.96. The van der Waals surface area contributed by atoms with Gasteiger partial charge in [-0.1, -0.05) is 59.8 Å². The van der Waals surface area contributed by atoms with E-state index in [0.717, 1.165) is 32.1 Å². The van der Waals surface area contributed by atoms with Crippen LogP contribution in [0, 0.1) is 17.3 Å². The third-order valence-corrected chi connectivity index (χ3v) is 5.13. The monoisotopic (exact) mass is 336 g/mol. The lowest BCUT2D eigenvalue weighted by Crippen LogP contribution is -2.31. The van der Waals surface area contributed by atoms with Crippen LogP contribution >= 0.6 is 0 Å². The zero-order valence-corrected chi connectivity index (χ0v) is 15.6. The van der Waals surface area contributed by atoms with E-state index in [4.69, 9.17) is 0 Å². The van der Waals surface area contributed by atoms with Crippen molar-refractivity contribution in [3.63, 3.8) is 0 Å². The highest BCUT2D eigenvalue weighted by molar-refractivity contribution is 5.81. The van der Waals surface area contributed by atoms with Crippen LogP contribution in [0.15, 0.2) is 0 Å². The molecule has 0 heterocycles. The number of carbonyl (C=O) groups is 1. The number of ketones is 1. The van der Waals surface area contributed by atoms with Gasteiger partial charge in [0.25, 0.3) is 0 Å². The van der Waals surface area contributed by atoms with Crippen molar-refractivity contribution in [2.45, 2.75) is 98.6 Å². The number of alkyl halides is 3. The molecule has 0 rings (SSSR count). The second-order valence-electron chi connectivity index (χ2n) is 7.33. The first-order chi connectivity index (χ1) is 10.6. The first kappa shape index (κ1) is 22.5. The molecule has 0 spiro atoms. The number of carbonyl (C=O) groups excluding carboxylic acids is 1. The van der Waals surface area contributed by atoms with Crippen LogP contribution < -0.4 is 0 Å². The van der Waals surface area contributed by atoms with Gasteiger partial charge in [-0.25, -0.2) is 0 Å². The fourth-order valence-electron chi connectivity index (χ4n) is 3.54. The summed E-state index contributed by atoms with van der Waals surface area (Å²) >= 11 is 0. The number of hydrogen-bond acceptors (Lipinski definition) is 1. The van der Waals surface area contributed by atoms with E-state index in [9.17, 15) is 18.0 Å². The van der Waals surface area contributed by atoms with Gasteiger partial charge in [0.15, 0.2) is 0 Å². The summed E-state index contributed by atoms with van der Waals surface area (Å²) in [6, 6.07) is 0. The molecular weight excluding hydrogens is 301 g/mol. The summed E-state index contributed by atoms with van der Waals surface area (Å²) in [5, 5.41) is 0. The molecular formula is C19H35F3O. The molecule has 0 aromatic carbocycles. The van der Waals surface area contributed by atoms with E-state index in [1.54, 1.807) is 6.92 Å². The minimum absolute atomic E-state index is 0.0344. The fraction of sp³-hybridized carbons (Fsp3) is 0.947. The molecule has 0 aliphatic rings. The Morgan fingerprint density at radius 3 is 1.74 bits per heavy atom. The second-order valence-corrected chi connectivity index (χ2v) is 7.33. The Bertz CT molecular complexity index is 332. The molecule has 0 N–H and O–H groups in total. The maximum Gasteiger partial charge on any atom is 0.391 e. The molecule has 1 nitrogen and oxygen atoms in total. The lowest BCUT2D eigenvalue weighted by atomic mass is 9.71. The van der Waals surface area contributed by atoms with E-state index in [-0.39, 0.29) is 18.6 Å². The van der Waals surface area contributed by atoms with Crippen molar-refractivity contribution < 1.29 is 18.0 Å². The van der Waals surface area contributed by atoms with Gasteiger partial charge in [0.1, 0.15) is 5.78 Å². The van der Waals surface area contributed by atoms with Gasteiger partial charge >= 0.3 is 6.18 Å². The number of Topliss-reactive ketones (excluding diaryl/α,β-unsaturated/α-hetero) is 1. The van der Waals surface area contributed by atoms with Crippen LogP contribution in [-0.2, 0) is 4.79 Å². The van der Waals surface area contributed by atoms with E-state index in [0.29, 0.717) is 18.8 Å². The van der Waals surface area contributed by atoms with Gasteiger partial charge in [0.05, 0.1) is 5.92 Å². The zero-order valence-electron chi connectivity index (χ0n) is 15.6. The predicted octanol–water partition coefficient (Wildman–Crippen LogP) is 6.95. The highest BCUT2D eigenvalue weighted by Crippen LogP contribution is 2.40. The summed E-state index contributed by atoms with van der Waals surface area (Å²) in [7, 11) is 0. The summed E-state index contributed by atoms with van der Waals surface area (Å²) in [5.74, 6) is -0.802. The molecule has 0 aliphatic carbocycles. The lowest BCUT2D eigenvalue weighted by Gasteiger charge is -2.33. The number of rotatable bonds is 12. The molecule has 0 aromatic rings. The molecule has 2 atom stereocenters. The summed E-state index contributed by atoms with van der Waals surface area (Å²) < 4.78 is 39.3. The van der Waals surface area contributed by atoms with Crippen molar-refractivity contribution in [1.82, 2.24) is 0 Å². The Morgan fingerprint density at radius 2 is 1.39 bits per heavy atom. The third kappa shape index (κ3) is 8.21. The van der Waals surface area contributed by atoms with E-state index in [1.807, 2.05) is 6.92 Å². The van der Waals surface area contributed by atoms with Crippen molar-refractivity contribution in [3.8, 4) is 0 Å². The smallest absolute Gasteiger partial charge is 0.299 e. The van der Waals surface area contributed by atoms with Gasteiger partial charge in [0.2, 0.25) is 0 Å². The molecule has 0 radical (unpaired) electrons. The minimum atomic E-state index is -4.15. The van der Waals surface area contributed by atoms with Crippen LogP contribution in [0.2, 0.25) is 0 Å². The molecule has 23 heavy (non-hydrogen) atoms. The molecule has 0 bridgehead atoms. The third-order valence-electron chi connectivity index (χ3n) is 5.13. The van der Waals surface area contributed by atoms with Crippen molar-refractivity contribution >= 4 is 5.78 Å². The Labute approximate surface area is 140 Å². The summed E-state index contributed by atoms with van der Waals surface area (Å²) in [4.78, 5) is 12.1. The highest BCUT2D eigenvalue weighted by atomic mass is 19.4. The van der Waals surface area contributed by atoms with Gasteiger partial charge in [0, 0.05) is 5.41 Å². The van der Waals surface area contributed by atoms with Crippen molar-refractivity contribution in [1.29, 1.82) is 0 Å². The van der Waals surface area contributed by atoms with Crippen LogP contribution in [0.5, 0.6) is 0 Å². The van der Waals surface area contributed by atoms with E-state index in [2.05, 4.69) is 13.8 Å². The number of hydrogen-bond donors (Lipinski definition) is 0. The first-order valence-electron chi connectivity index (χ1n) is 9.18.